The molecule has 1 heterocycles. The molecule has 0 saturated carbocycles. The van der Waals surface area contributed by atoms with Gasteiger partial charge in [-0.05, 0) is 23.8 Å². The highest BCUT2D eigenvalue weighted by Crippen LogP contribution is 2.27. The van der Waals surface area contributed by atoms with Gasteiger partial charge in [0.25, 0.3) is 11.8 Å². The zero-order valence-electron chi connectivity index (χ0n) is 12.9. The Morgan fingerprint density at radius 1 is 0.920 bits per heavy atom. The van der Waals surface area contributed by atoms with Crippen molar-refractivity contribution in [1.82, 2.24) is 4.90 Å². The van der Waals surface area contributed by atoms with Gasteiger partial charge in [0.15, 0.2) is 0 Å². The summed E-state index contributed by atoms with van der Waals surface area (Å²) >= 11 is 0. The van der Waals surface area contributed by atoms with Gasteiger partial charge in [-0.3, -0.25) is 14.5 Å². The molecule has 2 aromatic rings. The van der Waals surface area contributed by atoms with Crippen molar-refractivity contribution in [3.63, 3.8) is 0 Å². The van der Waals surface area contributed by atoms with Crippen LogP contribution in [0.4, 0.5) is 0 Å². The van der Waals surface area contributed by atoms with Crippen molar-refractivity contribution in [1.29, 1.82) is 0 Å². The van der Waals surface area contributed by atoms with E-state index in [1.807, 2.05) is 0 Å². The molecule has 3 rings (SSSR count). The number of carboxylic acid groups (broad SMARTS) is 2. The number of aromatic carboxylic acids is 1. The third-order valence-electron chi connectivity index (χ3n) is 4.03. The average molecular weight is 339 g/mol. The van der Waals surface area contributed by atoms with Crippen LogP contribution in [0.3, 0.4) is 0 Å². The number of hydrogen-bond acceptors (Lipinski definition) is 4. The van der Waals surface area contributed by atoms with Crippen LogP contribution in [-0.2, 0) is 11.2 Å². The number of imide groups is 1. The summed E-state index contributed by atoms with van der Waals surface area (Å²) in [6.45, 7) is 0. The minimum Gasteiger partial charge on any atom is -0.480 e. The summed E-state index contributed by atoms with van der Waals surface area (Å²) in [5.74, 6) is -4.08. The second-order valence-corrected chi connectivity index (χ2v) is 5.59. The topological polar surface area (TPSA) is 112 Å². The van der Waals surface area contributed by atoms with E-state index in [9.17, 15) is 24.3 Å². The lowest BCUT2D eigenvalue weighted by Crippen LogP contribution is -2.46. The van der Waals surface area contributed by atoms with Gasteiger partial charge in [-0.1, -0.05) is 30.3 Å². The van der Waals surface area contributed by atoms with E-state index in [1.54, 1.807) is 30.3 Å². The zero-order valence-corrected chi connectivity index (χ0v) is 12.9. The van der Waals surface area contributed by atoms with Gasteiger partial charge in [0.2, 0.25) is 0 Å². The van der Waals surface area contributed by atoms with E-state index in [0.29, 0.717) is 10.5 Å². The third kappa shape index (κ3) is 2.87. The minimum absolute atomic E-state index is 0.00862. The molecule has 126 valence electrons. The van der Waals surface area contributed by atoms with Crippen LogP contribution in [0.1, 0.15) is 36.6 Å². The molecule has 2 amide bonds. The van der Waals surface area contributed by atoms with Gasteiger partial charge < -0.3 is 10.2 Å². The summed E-state index contributed by atoms with van der Waals surface area (Å²) in [5, 5.41) is 18.5. The van der Waals surface area contributed by atoms with Crippen molar-refractivity contribution in [3.05, 3.63) is 70.8 Å². The van der Waals surface area contributed by atoms with Crippen molar-refractivity contribution in [3.8, 4) is 0 Å². The van der Waals surface area contributed by atoms with Crippen LogP contribution >= 0.6 is 0 Å². The van der Waals surface area contributed by atoms with Gasteiger partial charge >= 0.3 is 11.9 Å². The van der Waals surface area contributed by atoms with Crippen molar-refractivity contribution >= 4 is 23.8 Å². The lowest BCUT2D eigenvalue weighted by atomic mass is 10.0. The number of carboxylic acids is 2. The van der Waals surface area contributed by atoms with E-state index >= 15 is 0 Å². The summed E-state index contributed by atoms with van der Waals surface area (Å²) in [6, 6.07) is 10.8. The van der Waals surface area contributed by atoms with Crippen molar-refractivity contribution in [2.45, 2.75) is 12.5 Å². The van der Waals surface area contributed by atoms with Crippen molar-refractivity contribution in [2.24, 2.45) is 0 Å². The summed E-state index contributed by atoms with van der Waals surface area (Å²) in [5.41, 5.74) is 0.438. The maximum atomic E-state index is 12.6. The number of nitrogens with zero attached hydrogens (tertiary/aromatic N) is 1. The first kappa shape index (κ1) is 16.4. The SMILES string of the molecule is O=C(O)c1ccc2c(c1)C(=O)N([C@@H](Cc1ccccc1)C(=O)O)C2=O. The molecule has 0 radical (unpaired) electrons. The Morgan fingerprint density at radius 3 is 2.16 bits per heavy atom. The number of carbonyl (C=O) groups is 4. The number of benzene rings is 2. The normalized spacial score (nSPS) is 14.3. The van der Waals surface area contributed by atoms with Crippen molar-refractivity contribution < 1.29 is 29.4 Å². The molecule has 25 heavy (non-hydrogen) atoms. The van der Waals surface area contributed by atoms with E-state index < -0.39 is 29.8 Å². The van der Waals surface area contributed by atoms with Crippen LogP contribution in [-0.4, -0.2) is 44.9 Å². The van der Waals surface area contributed by atoms with Gasteiger partial charge in [-0.15, -0.1) is 0 Å². The molecule has 1 aliphatic heterocycles. The first-order valence-electron chi connectivity index (χ1n) is 7.42. The molecule has 0 aromatic heterocycles. The molecule has 1 atom stereocenters. The fraction of sp³-hybridized carbons (Fsp3) is 0.111. The maximum Gasteiger partial charge on any atom is 0.335 e. The van der Waals surface area contributed by atoms with Gasteiger partial charge in [0.05, 0.1) is 16.7 Å². The molecule has 0 unspecified atom stereocenters. The van der Waals surface area contributed by atoms with Gasteiger partial charge in [0, 0.05) is 6.42 Å². The fourth-order valence-electron chi connectivity index (χ4n) is 2.80. The monoisotopic (exact) mass is 339 g/mol. The Balaban J connectivity index is 1.98. The van der Waals surface area contributed by atoms with Crippen LogP contribution in [0.2, 0.25) is 0 Å². The molecular formula is C18H13NO6. The summed E-state index contributed by atoms with van der Waals surface area (Å²) < 4.78 is 0. The van der Waals surface area contributed by atoms with E-state index in [2.05, 4.69) is 0 Å². The lowest BCUT2D eigenvalue weighted by molar-refractivity contribution is -0.141. The Bertz CT molecular complexity index is 890. The predicted octanol–water partition coefficient (Wildman–Crippen LogP) is 1.68. The average Bonchev–Trinajstić information content (AvgIpc) is 2.84. The number of carbonyl (C=O) groups excluding carboxylic acids is 2. The molecule has 7 heteroatoms. The molecule has 0 saturated heterocycles. The molecule has 2 aromatic carbocycles. The van der Waals surface area contributed by atoms with Crippen LogP contribution in [0.5, 0.6) is 0 Å². The number of fused-ring (bicyclic) bond motifs is 1. The standard InChI is InChI=1S/C18H13NO6/c20-15-12-7-6-11(17(22)23)9-13(12)16(21)19(15)14(18(24)25)8-10-4-2-1-3-5-10/h1-7,9,14H,8H2,(H,22,23)(H,24,25)/t14-/m0/s1. The number of hydrogen-bond donors (Lipinski definition) is 2. The maximum absolute atomic E-state index is 12.6. The third-order valence-corrected chi connectivity index (χ3v) is 4.03. The van der Waals surface area contributed by atoms with E-state index in [1.165, 1.54) is 12.1 Å². The first-order valence-corrected chi connectivity index (χ1v) is 7.42. The van der Waals surface area contributed by atoms with Crippen LogP contribution in [0.25, 0.3) is 0 Å². The molecule has 1 aliphatic rings. The summed E-state index contributed by atoms with van der Waals surface area (Å²) in [4.78, 5) is 48.5. The number of amides is 2. The highest BCUT2D eigenvalue weighted by molar-refractivity contribution is 6.23. The minimum atomic E-state index is -1.37. The summed E-state index contributed by atoms with van der Waals surface area (Å²) in [7, 11) is 0. The van der Waals surface area contributed by atoms with E-state index in [-0.39, 0.29) is 23.1 Å². The molecule has 0 bridgehead atoms. The molecule has 2 N–H and O–H groups in total. The van der Waals surface area contributed by atoms with Crippen LogP contribution in [0, 0.1) is 0 Å². The van der Waals surface area contributed by atoms with Gasteiger partial charge in [-0.25, -0.2) is 9.59 Å². The second kappa shape index (κ2) is 6.20. The smallest absolute Gasteiger partial charge is 0.335 e. The van der Waals surface area contributed by atoms with E-state index in [4.69, 9.17) is 5.11 Å². The Kier molecular flexibility index (Phi) is 4.06. The lowest BCUT2D eigenvalue weighted by Gasteiger charge is -2.22. The van der Waals surface area contributed by atoms with Crippen LogP contribution in [0.15, 0.2) is 48.5 Å². The Morgan fingerprint density at radius 2 is 1.56 bits per heavy atom. The van der Waals surface area contributed by atoms with Crippen LogP contribution < -0.4 is 0 Å². The Hall–Kier alpha value is -3.48. The van der Waals surface area contributed by atoms with Crippen molar-refractivity contribution in [2.75, 3.05) is 0 Å². The largest absolute Gasteiger partial charge is 0.480 e. The van der Waals surface area contributed by atoms with Gasteiger partial charge in [-0.2, -0.15) is 0 Å². The molecular weight excluding hydrogens is 326 g/mol. The van der Waals surface area contributed by atoms with E-state index in [0.717, 1.165) is 6.07 Å². The molecule has 0 aliphatic carbocycles. The second-order valence-electron chi connectivity index (χ2n) is 5.59. The quantitative estimate of drug-likeness (QED) is 0.802. The Labute approximate surface area is 142 Å². The summed E-state index contributed by atoms with van der Waals surface area (Å²) in [6.07, 6.45) is -0.0343. The predicted molar refractivity (Wildman–Crippen MR) is 85.5 cm³/mol. The first-order chi connectivity index (χ1) is 11.9. The fourth-order valence-corrected chi connectivity index (χ4v) is 2.80. The number of aliphatic carboxylic acids is 1. The zero-order chi connectivity index (χ0) is 18.1. The molecule has 0 fully saturated rings. The molecule has 7 nitrogen and oxygen atoms in total. The number of rotatable bonds is 5. The van der Waals surface area contributed by atoms with Gasteiger partial charge in [0.1, 0.15) is 6.04 Å². The molecule has 0 spiro atoms. The highest BCUT2D eigenvalue weighted by atomic mass is 16.4. The highest BCUT2D eigenvalue weighted by Gasteiger charge is 2.43.